The molecule has 0 aliphatic carbocycles. The van der Waals surface area contributed by atoms with Crippen LogP contribution in [0.3, 0.4) is 0 Å². The molecule has 1 aliphatic rings. The molecule has 1 aromatic heterocycles. The summed E-state index contributed by atoms with van der Waals surface area (Å²) in [5.41, 5.74) is 1.59. The van der Waals surface area contributed by atoms with Crippen molar-refractivity contribution in [2.24, 2.45) is 0 Å². The van der Waals surface area contributed by atoms with Crippen LogP contribution in [0, 0.1) is 0 Å². The van der Waals surface area contributed by atoms with Crippen molar-refractivity contribution in [2.45, 2.75) is 0 Å². The fourth-order valence-corrected chi connectivity index (χ4v) is 2.02. The molecule has 1 saturated heterocycles. The third-order valence-electron chi connectivity index (χ3n) is 2.99. The Morgan fingerprint density at radius 3 is 3.00 bits per heavy atom. The predicted octanol–water partition coefficient (Wildman–Crippen LogP) is 1.04. The lowest BCUT2D eigenvalue weighted by molar-refractivity contribution is 0.0303. The van der Waals surface area contributed by atoms with Crippen molar-refractivity contribution in [2.75, 3.05) is 26.3 Å². The molecule has 0 unspecified atom stereocenters. The second-order valence-electron chi connectivity index (χ2n) is 4.08. The summed E-state index contributed by atoms with van der Waals surface area (Å²) >= 11 is 0. The lowest BCUT2D eigenvalue weighted by Gasteiger charge is -2.26. The minimum absolute atomic E-state index is 0.0600. The van der Waals surface area contributed by atoms with E-state index in [1.807, 2.05) is 23.1 Å². The highest BCUT2D eigenvalue weighted by atomic mass is 16.5. The maximum Gasteiger partial charge on any atom is 0.254 e. The molecule has 1 fully saturated rings. The van der Waals surface area contributed by atoms with Gasteiger partial charge in [-0.15, -0.1) is 0 Å². The van der Waals surface area contributed by atoms with E-state index in [-0.39, 0.29) is 5.91 Å². The number of nitrogens with zero attached hydrogens (tertiary/aromatic N) is 2. The van der Waals surface area contributed by atoms with E-state index in [1.165, 1.54) is 0 Å². The quantitative estimate of drug-likeness (QED) is 0.797. The number of carbonyl (C=O) groups is 1. The number of aromatic amines is 1. The summed E-state index contributed by atoms with van der Waals surface area (Å²) in [7, 11) is 0. The highest BCUT2D eigenvalue weighted by Crippen LogP contribution is 2.15. The van der Waals surface area contributed by atoms with Crippen molar-refractivity contribution in [1.29, 1.82) is 0 Å². The predicted molar refractivity (Wildman–Crippen MR) is 62.8 cm³/mol. The van der Waals surface area contributed by atoms with Crippen LogP contribution in [0.15, 0.2) is 24.4 Å². The number of morpholine rings is 1. The smallest absolute Gasteiger partial charge is 0.254 e. The van der Waals surface area contributed by atoms with Gasteiger partial charge in [-0.05, 0) is 12.1 Å². The molecule has 5 heteroatoms. The Labute approximate surface area is 98.4 Å². The largest absolute Gasteiger partial charge is 0.378 e. The van der Waals surface area contributed by atoms with Crippen molar-refractivity contribution in [3.05, 3.63) is 30.0 Å². The fourth-order valence-electron chi connectivity index (χ4n) is 2.02. The number of hydrogen-bond acceptors (Lipinski definition) is 3. The van der Waals surface area contributed by atoms with Crippen LogP contribution in [-0.4, -0.2) is 47.3 Å². The van der Waals surface area contributed by atoms with E-state index in [0.29, 0.717) is 31.9 Å². The Bertz CT molecular complexity index is 543. The molecule has 1 aliphatic heterocycles. The summed E-state index contributed by atoms with van der Waals surface area (Å²) in [6.45, 7) is 2.58. The van der Waals surface area contributed by atoms with Gasteiger partial charge in [0.1, 0.15) is 0 Å². The number of ether oxygens (including phenoxy) is 1. The van der Waals surface area contributed by atoms with Crippen molar-refractivity contribution >= 4 is 16.8 Å². The number of benzene rings is 1. The maximum absolute atomic E-state index is 12.2. The molecule has 1 aromatic carbocycles. The standard InChI is InChI=1S/C12H13N3O2/c16-12(15-3-5-17-6-4-15)9-1-2-10-8-13-14-11(10)7-9/h1-2,7-8H,3-6H2,(H,13,14). The first kappa shape index (κ1) is 10.3. The molecule has 2 heterocycles. The van der Waals surface area contributed by atoms with Crippen LogP contribution in [0.5, 0.6) is 0 Å². The number of rotatable bonds is 1. The molecule has 0 bridgehead atoms. The molecular formula is C12H13N3O2. The molecule has 3 rings (SSSR count). The highest BCUT2D eigenvalue weighted by molar-refractivity contribution is 5.97. The van der Waals surface area contributed by atoms with Crippen LogP contribution in [-0.2, 0) is 4.74 Å². The van der Waals surface area contributed by atoms with Gasteiger partial charge < -0.3 is 9.64 Å². The summed E-state index contributed by atoms with van der Waals surface area (Å²) in [4.78, 5) is 14.0. The first-order valence-electron chi connectivity index (χ1n) is 5.65. The molecule has 5 nitrogen and oxygen atoms in total. The summed E-state index contributed by atoms with van der Waals surface area (Å²) in [6, 6.07) is 5.60. The van der Waals surface area contributed by atoms with E-state index in [9.17, 15) is 4.79 Å². The number of H-pyrrole nitrogens is 1. The zero-order valence-corrected chi connectivity index (χ0v) is 9.35. The summed E-state index contributed by atoms with van der Waals surface area (Å²) < 4.78 is 5.23. The Hall–Kier alpha value is -1.88. The van der Waals surface area contributed by atoms with Gasteiger partial charge in [0.2, 0.25) is 0 Å². The van der Waals surface area contributed by atoms with Gasteiger partial charge in [0.15, 0.2) is 0 Å². The van der Waals surface area contributed by atoms with Crippen LogP contribution in [0.4, 0.5) is 0 Å². The van der Waals surface area contributed by atoms with Crippen LogP contribution in [0.25, 0.3) is 10.9 Å². The van der Waals surface area contributed by atoms with Crippen LogP contribution < -0.4 is 0 Å². The number of fused-ring (bicyclic) bond motifs is 1. The number of carbonyl (C=O) groups excluding carboxylic acids is 1. The van der Waals surface area contributed by atoms with E-state index in [0.717, 1.165) is 10.9 Å². The zero-order chi connectivity index (χ0) is 11.7. The second-order valence-corrected chi connectivity index (χ2v) is 4.08. The highest BCUT2D eigenvalue weighted by Gasteiger charge is 2.18. The topological polar surface area (TPSA) is 58.2 Å². The van der Waals surface area contributed by atoms with E-state index < -0.39 is 0 Å². The fraction of sp³-hybridized carbons (Fsp3) is 0.333. The van der Waals surface area contributed by atoms with E-state index in [4.69, 9.17) is 4.74 Å². The molecule has 0 spiro atoms. The van der Waals surface area contributed by atoms with Crippen LogP contribution in [0.1, 0.15) is 10.4 Å². The van der Waals surface area contributed by atoms with Crippen LogP contribution in [0.2, 0.25) is 0 Å². The van der Waals surface area contributed by atoms with Gasteiger partial charge >= 0.3 is 0 Å². The lowest BCUT2D eigenvalue weighted by Crippen LogP contribution is -2.40. The summed E-state index contributed by atoms with van der Waals surface area (Å²) in [5, 5.41) is 7.83. The van der Waals surface area contributed by atoms with E-state index in [2.05, 4.69) is 10.2 Å². The average Bonchev–Trinajstić information content (AvgIpc) is 2.86. The van der Waals surface area contributed by atoms with E-state index >= 15 is 0 Å². The number of nitrogens with one attached hydrogen (secondary N) is 1. The lowest BCUT2D eigenvalue weighted by atomic mass is 10.1. The van der Waals surface area contributed by atoms with Crippen molar-refractivity contribution in [3.8, 4) is 0 Å². The molecule has 88 valence electrons. The van der Waals surface area contributed by atoms with Crippen LogP contribution >= 0.6 is 0 Å². The zero-order valence-electron chi connectivity index (χ0n) is 9.35. The van der Waals surface area contributed by atoms with Gasteiger partial charge in [0.05, 0.1) is 24.9 Å². The van der Waals surface area contributed by atoms with E-state index in [1.54, 1.807) is 6.20 Å². The number of aromatic nitrogens is 2. The summed E-state index contributed by atoms with van der Waals surface area (Å²) in [6.07, 6.45) is 1.75. The normalized spacial score (nSPS) is 16.4. The second kappa shape index (κ2) is 4.18. The van der Waals surface area contributed by atoms with Gasteiger partial charge in [-0.1, -0.05) is 6.07 Å². The van der Waals surface area contributed by atoms with Gasteiger partial charge in [-0.3, -0.25) is 9.89 Å². The SMILES string of the molecule is O=C(c1ccc2cn[nH]c2c1)N1CCOCC1. The molecule has 17 heavy (non-hydrogen) atoms. The van der Waals surface area contributed by atoms with Gasteiger partial charge in [0.25, 0.3) is 5.91 Å². The molecule has 0 radical (unpaired) electrons. The minimum atomic E-state index is 0.0600. The van der Waals surface area contributed by atoms with Crippen molar-refractivity contribution in [1.82, 2.24) is 15.1 Å². The monoisotopic (exact) mass is 231 g/mol. The maximum atomic E-state index is 12.2. The molecule has 0 saturated carbocycles. The number of amides is 1. The third-order valence-corrected chi connectivity index (χ3v) is 2.99. The summed E-state index contributed by atoms with van der Waals surface area (Å²) in [5.74, 6) is 0.0600. The van der Waals surface area contributed by atoms with Crippen molar-refractivity contribution < 1.29 is 9.53 Å². The average molecular weight is 231 g/mol. The molecule has 1 amide bonds. The van der Waals surface area contributed by atoms with Gasteiger partial charge in [-0.2, -0.15) is 5.10 Å². The first-order chi connectivity index (χ1) is 8.34. The molecule has 2 aromatic rings. The third kappa shape index (κ3) is 1.89. The van der Waals surface area contributed by atoms with Gasteiger partial charge in [0, 0.05) is 24.0 Å². The first-order valence-corrected chi connectivity index (χ1v) is 5.65. The van der Waals surface area contributed by atoms with Gasteiger partial charge in [-0.25, -0.2) is 0 Å². The number of hydrogen-bond donors (Lipinski definition) is 1. The molecular weight excluding hydrogens is 218 g/mol. The molecule has 0 atom stereocenters. The Balaban J connectivity index is 1.88. The Morgan fingerprint density at radius 1 is 1.35 bits per heavy atom. The molecule has 1 N–H and O–H groups in total. The Morgan fingerprint density at radius 2 is 2.18 bits per heavy atom. The Kier molecular flexibility index (Phi) is 2.53. The van der Waals surface area contributed by atoms with Crippen molar-refractivity contribution in [3.63, 3.8) is 0 Å². The minimum Gasteiger partial charge on any atom is -0.378 e.